The van der Waals surface area contributed by atoms with Crippen molar-refractivity contribution in [3.8, 4) is 0 Å². The van der Waals surface area contributed by atoms with Gasteiger partial charge in [-0.05, 0) is 52.1 Å². The molecule has 0 spiro atoms. The second kappa shape index (κ2) is 5.21. The third-order valence-corrected chi connectivity index (χ3v) is 3.79. The van der Waals surface area contributed by atoms with Crippen LogP contribution < -0.4 is 0 Å². The van der Waals surface area contributed by atoms with Crippen molar-refractivity contribution in [1.29, 1.82) is 0 Å². The van der Waals surface area contributed by atoms with Gasteiger partial charge in [0.2, 0.25) is 0 Å². The van der Waals surface area contributed by atoms with E-state index in [0.717, 1.165) is 12.0 Å². The number of likely N-dealkylation sites (tertiary alicyclic amines) is 1. The van der Waals surface area contributed by atoms with Crippen LogP contribution >= 0.6 is 11.6 Å². The predicted octanol–water partition coefficient (Wildman–Crippen LogP) is 3.12. The zero-order valence-corrected chi connectivity index (χ0v) is 9.85. The zero-order valence-electron chi connectivity index (χ0n) is 9.09. The fourth-order valence-electron chi connectivity index (χ4n) is 2.08. The number of hydrogen-bond acceptors (Lipinski definition) is 1. The number of piperidine rings is 1. The Hall–Kier alpha value is 0.250. The number of halogens is 1. The van der Waals surface area contributed by atoms with Gasteiger partial charge in [-0.2, -0.15) is 0 Å². The fraction of sp³-hybridized carbons (Fsp3) is 1.00. The minimum Gasteiger partial charge on any atom is -0.301 e. The Morgan fingerprint density at radius 3 is 2.23 bits per heavy atom. The van der Waals surface area contributed by atoms with E-state index in [1.807, 2.05) is 0 Å². The minimum atomic E-state index is 0.360. The van der Waals surface area contributed by atoms with Crippen molar-refractivity contribution in [3.05, 3.63) is 0 Å². The second-order valence-electron chi connectivity index (χ2n) is 4.31. The SMILES string of the molecule is CCC(C)N1CCC(C(C)Cl)CC1. The highest BCUT2D eigenvalue weighted by Gasteiger charge is 2.24. The van der Waals surface area contributed by atoms with Crippen LogP contribution in [0, 0.1) is 5.92 Å². The van der Waals surface area contributed by atoms with Crippen molar-refractivity contribution in [2.75, 3.05) is 13.1 Å². The third kappa shape index (κ3) is 3.14. The highest BCUT2D eigenvalue weighted by molar-refractivity contribution is 6.20. The quantitative estimate of drug-likeness (QED) is 0.638. The summed E-state index contributed by atoms with van der Waals surface area (Å²) in [4.78, 5) is 2.59. The van der Waals surface area contributed by atoms with Gasteiger partial charge in [0.15, 0.2) is 0 Å². The normalized spacial score (nSPS) is 25.8. The molecule has 0 aromatic rings. The lowest BCUT2D eigenvalue weighted by molar-refractivity contribution is 0.137. The van der Waals surface area contributed by atoms with Gasteiger partial charge >= 0.3 is 0 Å². The highest BCUT2D eigenvalue weighted by atomic mass is 35.5. The molecule has 0 aliphatic carbocycles. The first-order valence-electron chi connectivity index (χ1n) is 5.53. The van der Waals surface area contributed by atoms with E-state index in [-0.39, 0.29) is 0 Å². The van der Waals surface area contributed by atoms with Gasteiger partial charge in [0.25, 0.3) is 0 Å². The summed E-state index contributed by atoms with van der Waals surface area (Å²) < 4.78 is 0. The van der Waals surface area contributed by atoms with Crippen LogP contribution in [0.2, 0.25) is 0 Å². The number of alkyl halides is 1. The molecule has 1 aliphatic heterocycles. The smallest absolute Gasteiger partial charge is 0.0337 e. The Bertz CT molecular complexity index is 139. The van der Waals surface area contributed by atoms with Crippen molar-refractivity contribution in [2.45, 2.75) is 51.5 Å². The number of nitrogens with zero attached hydrogens (tertiary/aromatic N) is 1. The molecule has 1 rings (SSSR count). The van der Waals surface area contributed by atoms with Crippen molar-refractivity contribution in [2.24, 2.45) is 5.92 Å². The summed E-state index contributed by atoms with van der Waals surface area (Å²) in [5, 5.41) is 0.360. The summed E-state index contributed by atoms with van der Waals surface area (Å²) in [5.74, 6) is 0.752. The molecule has 2 heteroatoms. The van der Waals surface area contributed by atoms with Gasteiger partial charge in [0.05, 0.1) is 0 Å². The van der Waals surface area contributed by atoms with E-state index >= 15 is 0 Å². The fourth-order valence-corrected chi connectivity index (χ4v) is 2.33. The Kier molecular flexibility index (Phi) is 4.54. The average Bonchev–Trinajstić information content (AvgIpc) is 2.17. The van der Waals surface area contributed by atoms with Crippen LogP contribution in [0.25, 0.3) is 0 Å². The van der Waals surface area contributed by atoms with E-state index in [4.69, 9.17) is 11.6 Å². The van der Waals surface area contributed by atoms with Gasteiger partial charge in [-0.3, -0.25) is 0 Å². The molecule has 1 saturated heterocycles. The Balaban J connectivity index is 2.30. The first-order valence-corrected chi connectivity index (χ1v) is 5.97. The molecule has 1 fully saturated rings. The first-order chi connectivity index (χ1) is 6.15. The molecule has 0 aromatic heterocycles. The topological polar surface area (TPSA) is 3.24 Å². The monoisotopic (exact) mass is 203 g/mol. The minimum absolute atomic E-state index is 0.360. The van der Waals surface area contributed by atoms with Gasteiger partial charge in [-0.15, -0.1) is 11.6 Å². The summed E-state index contributed by atoms with van der Waals surface area (Å²) in [6.45, 7) is 9.21. The van der Waals surface area contributed by atoms with E-state index in [1.54, 1.807) is 0 Å². The van der Waals surface area contributed by atoms with Gasteiger partial charge in [-0.25, -0.2) is 0 Å². The van der Waals surface area contributed by atoms with Crippen molar-refractivity contribution >= 4 is 11.6 Å². The van der Waals surface area contributed by atoms with Gasteiger partial charge in [0, 0.05) is 11.4 Å². The van der Waals surface area contributed by atoms with Crippen LogP contribution in [0.15, 0.2) is 0 Å². The van der Waals surface area contributed by atoms with Gasteiger partial charge < -0.3 is 4.90 Å². The van der Waals surface area contributed by atoms with E-state index < -0.39 is 0 Å². The molecule has 0 N–H and O–H groups in total. The molecule has 0 radical (unpaired) electrons. The Morgan fingerprint density at radius 2 is 1.85 bits per heavy atom. The Morgan fingerprint density at radius 1 is 1.31 bits per heavy atom. The first kappa shape index (κ1) is 11.3. The summed E-state index contributed by atoms with van der Waals surface area (Å²) in [7, 11) is 0. The number of rotatable bonds is 3. The summed E-state index contributed by atoms with van der Waals surface area (Å²) in [6, 6.07) is 0.756. The van der Waals surface area contributed by atoms with Crippen LogP contribution in [0.3, 0.4) is 0 Å². The van der Waals surface area contributed by atoms with Crippen LogP contribution in [0.1, 0.15) is 40.0 Å². The van der Waals surface area contributed by atoms with E-state index in [1.165, 1.54) is 32.4 Å². The van der Waals surface area contributed by atoms with Crippen molar-refractivity contribution in [3.63, 3.8) is 0 Å². The molecule has 1 aliphatic rings. The van der Waals surface area contributed by atoms with E-state index in [9.17, 15) is 0 Å². The molecule has 2 unspecified atom stereocenters. The summed E-state index contributed by atoms with van der Waals surface area (Å²) >= 11 is 6.10. The van der Waals surface area contributed by atoms with Crippen LogP contribution in [-0.2, 0) is 0 Å². The van der Waals surface area contributed by atoms with Crippen molar-refractivity contribution < 1.29 is 0 Å². The van der Waals surface area contributed by atoms with Gasteiger partial charge in [0.1, 0.15) is 0 Å². The molecule has 0 amide bonds. The molecular formula is C11H22ClN. The third-order valence-electron chi connectivity index (χ3n) is 3.44. The molecule has 1 heterocycles. The van der Waals surface area contributed by atoms with E-state index in [0.29, 0.717) is 5.38 Å². The lowest BCUT2D eigenvalue weighted by Crippen LogP contribution is -2.41. The van der Waals surface area contributed by atoms with Gasteiger partial charge in [-0.1, -0.05) is 6.92 Å². The average molecular weight is 204 g/mol. The lowest BCUT2D eigenvalue weighted by Gasteiger charge is -2.36. The maximum atomic E-state index is 6.10. The lowest BCUT2D eigenvalue weighted by atomic mass is 9.93. The second-order valence-corrected chi connectivity index (χ2v) is 5.00. The molecule has 0 bridgehead atoms. The maximum absolute atomic E-state index is 6.10. The number of hydrogen-bond donors (Lipinski definition) is 0. The molecule has 2 atom stereocenters. The molecule has 0 aromatic carbocycles. The zero-order chi connectivity index (χ0) is 9.84. The summed E-state index contributed by atoms with van der Waals surface area (Å²) in [5.41, 5.74) is 0. The summed E-state index contributed by atoms with van der Waals surface area (Å²) in [6.07, 6.45) is 3.84. The van der Waals surface area contributed by atoms with Crippen LogP contribution in [-0.4, -0.2) is 29.4 Å². The Labute approximate surface area is 87.4 Å². The molecule has 0 saturated carbocycles. The predicted molar refractivity (Wildman–Crippen MR) is 59.4 cm³/mol. The molecular weight excluding hydrogens is 182 g/mol. The van der Waals surface area contributed by atoms with Crippen molar-refractivity contribution in [1.82, 2.24) is 4.90 Å². The standard InChI is InChI=1S/C11H22ClN/c1-4-9(2)13-7-5-11(6-8-13)10(3)12/h9-11H,4-8H2,1-3H3. The highest BCUT2D eigenvalue weighted by Crippen LogP contribution is 2.25. The maximum Gasteiger partial charge on any atom is 0.0337 e. The van der Waals surface area contributed by atoms with Crippen LogP contribution in [0.4, 0.5) is 0 Å². The molecule has 1 nitrogen and oxygen atoms in total. The molecule has 13 heavy (non-hydrogen) atoms. The molecule has 78 valence electrons. The van der Waals surface area contributed by atoms with Crippen LogP contribution in [0.5, 0.6) is 0 Å². The van der Waals surface area contributed by atoms with E-state index in [2.05, 4.69) is 25.7 Å². The largest absolute Gasteiger partial charge is 0.301 e.